The molecule has 0 aliphatic rings. The van der Waals surface area contributed by atoms with Crippen molar-refractivity contribution in [1.29, 1.82) is 0 Å². The van der Waals surface area contributed by atoms with Crippen LogP contribution in [0.3, 0.4) is 0 Å². The summed E-state index contributed by atoms with van der Waals surface area (Å²) in [6.07, 6.45) is 0. The Morgan fingerprint density at radius 1 is 1.24 bits per heavy atom. The van der Waals surface area contributed by atoms with Gasteiger partial charge in [-0.1, -0.05) is 29.8 Å². The number of amides is 1. The number of hydrogen-bond acceptors (Lipinski definition) is 3. The van der Waals surface area contributed by atoms with Crippen LogP contribution in [0.5, 0.6) is 5.75 Å². The second-order valence-corrected chi connectivity index (χ2v) is 5.20. The maximum Gasteiger partial charge on any atom is 0.259 e. The van der Waals surface area contributed by atoms with Crippen LogP contribution in [-0.4, -0.2) is 13.0 Å². The lowest BCUT2D eigenvalue weighted by molar-refractivity contribution is 0.102. The van der Waals surface area contributed by atoms with Crippen LogP contribution >= 0.6 is 11.6 Å². The van der Waals surface area contributed by atoms with Crippen LogP contribution in [0, 0.1) is 13.8 Å². The van der Waals surface area contributed by atoms with Gasteiger partial charge in [-0.05, 0) is 31.0 Å². The Labute approximate surface area is 128 Å². The van der Waals surface area contributed by atoms with E-state index in [0.29, 0.717) is 22.0 Å². The first-order valence-corrected chi connectivity index (χ1v) is 6.82. The first-order chi connectivity index (χ1) is 9.93. The molecule has 4 nitrogen and oxygen atoms in total. The van der Waals surface area contributed by atoms with Gasteiger partial charge < -0.3 is 15.8 Å². The molecule has 3 N–H and O–H groups in total. The third-order valence-corrected chi connectivity index (χ3v) is 3.61. The summed E-state index contributed by atoms with van der Waals surface area (Å²) in [5.74, 6) is 0.102. The number of nitrogens with one attached hydrogen (secondary N) is 1. The van der Waals surface area contributed by atoms with Crippen molar-refractivity contribution in [2.24, 2.45) is 0 Å². The van der Waals surface area contributed by atoms with Crippen molar-refractivity contribution in [3.8, 4) is 5.75 Å². The quantitative estimate of drug-likeness (QED) is 0.848. The Morgan fingerprint density at radius 2 is 1.86 bits per heavy atom. The lowest BCUT2D eigenvalue weighted by Gasteiger charge is -2.14. The molecular weight excluding hydrogens is 288 g/mol. The molecule has 21 heavy (non-hydrogen) atoms. The van der Waals surface area contributed by atoms with Gasteiger partial charge in [0.1, 0.15) is 5.75 Å². The molecule has 0 aliphatic carbocycles. The van der Waals surface area contributed by atoms with Crippen molar-refractivity contribution in [3.63, 3.8) is 0 Å². The molecule has 0 unspecified atom stereocenters. The zero-order valence-corrected chi connectivity index (χ0v) is 12.9. The van der Waals surface area contributed by atoms with Crippen LogP contribution in [0.15, 0.2) is 30.3 Å². The molecule has 0 bridgehead atoms. The normalized spacial score (nSPS) is 10.3. The highest BCUT2D eigenvalue weighted by molar-refractivity contribution is 6.33. The van der Waals surface area contributed by atoms with Gasteiger partial charge in [-0.2, -0.15) is 0 Å². The SMILES string of the molecule is COc1cc(Cl)c(N)cc1C(=O)Nc1c(C)cccc1C. The van der Waals surface area contributed by atoms with Gasteiger partial charge >= 0.3 is 0 Å². The Bertz CT molecular complexity index is 679. The topological polar surface area (TPSA) is 64.3 Å². The van der Waals surface area contributed by atoms with E-state index in [0.717, 1.165) is 16.8 Å². The summed E-state index contributed by atoms with van der Waals surface area (Å²) < 4.78 is 5.20. The van der Waals surface area contributed by atoms with Gasteiger partial charge in [-0.15, -0.1) is 0 Å². The van der Waals surface area contributed by atoms with E-state index in [1.807, 2.05) is 32.0 Å². The van der Waals surface area contributed by atoms with Gasteiger partial charge in [0.25, 0.3) is 5.91 Å². The second kappa shape index (κ2) is 6.06. The number of benzene rings is 2. The number of rotatable bonds is 3. The highest BCUT2D eigenvalue weighted by atomic mass is 35.5. The fraction of sp³-hybridized carbons (Fsp3) is 0.188. The van der Waals surface area contributed by atoms with Gasteiger partial charge in [-0.3, -0.25) is 4.79 Å². The zero-order valence-electron chi connectivity index (χ0n) is 12.2. The van der Waals surface area contributed by atoms with E-state index < -0.39 is 0 Å². The fourth-order valence-electron chi connectivity index (χ4n) is 2.11. The van der Waals surface area contributed by atoms with E-state index in [1.165, 1.54) is 19.2 Å². The monoisotopic (exact) mass is 304 g/mol. The molecule has 0 saturated heterocycles. The van der Waals surface area contributed by atoms with E-state index in [2.05, 4.69) is 5.32 Å². The number of anilines is 2. The number of nitrogens with two attached hydrogens (primary N) is 1. The average molecular weight is 305 g/mol. The predicted octanol–water partition coefficient (Wildman–Crippen LogP) is 3.80. The molecule has 2 aromatic rings. The summed E-state index contributed by atoms with van der Waals surface area (Å²) in [5, 5.41) is 3.26. The summed E-state index contributed by atoms with van der Waals surface area (Å²) in [6.45, 7) is 3.88. The Morgan fingerprint density at radius 3 is 2.43 bits per heavy atom. The van der Waals surface area contributed by atoms with Gasteiger partial charge in [0, 0.05) is 11.8 Å². The van der Waals surface area contributed by atoms with Crippen molar-refractivity contribution in [2.45, 2.75) is 13.8 Å². The number of nitrogen functional groups attached to an aromatic ring is 1. The minimum atomic E-state index is -0.285. The molecule has 2 aromatic carbocycles. The molecular formula is C16H17ClN2O2. The maximum atomic E-state index is 12.5. The third-order valence-electron chi connectivity index (χ3n) is 3.28. The number of ether oxygens (including phenoxy) is 1. The number of methoxy groups -OCH3 is 1. The van der Waals surface area contributed by atoms with Crippen molar-refractivity contribution in [2.75, 3.05) is 18.2 Å². The molecule has 0 fully saturated rings. The molecule has 1 amide bonds. The van der Waals surface area contributed by atoms with Crippen molar-refractivity contribution >= 4 is 28.9 Å². The molecule has 0 aromatic heterocycles. The van der Waals surface area contributed by atoms with E-state index >= 15 is 0 Å². The zero-order chi connectivity index (χ0) is 15.6. The number of carbonyl (C=O) groups is 1. The predicted molar refractivity (Wildman–Crippen MR) is 86.3 cm³/mol. The van der Waals surface area contributed by atoms with E-state index in [9.17, 15) is 4.79 Å². The number of aryl methyl sites for hydroxylation is 2. The number of hydrogen-bond donors (Lipinski definition) is 2. The first kappa shape index (κ1) is 15.2. The van der Waals surface area contributed by atoms with Gasteiger partial charge in [0.05, 0.1) is 23.4 Å². The Hall–Kier alpha value is -2.20. The summed E-state index contributed by atoms with van der Waals surface area (Å²) >= 11 is 5.94. The number of carbonyl (C=O) groups excluding carboxylic acids is 1. The number of para-hydroxylation sites is 1. The third kappa shape index (κ3) is 3.11. The largest absolute Gasteiger partial charge is 0.496 e. The van der Waals surface area contributed by atoms with Crippen LogP contribution < -0.4 is 15.8 Å². The van der Waals surface area contributed by atoms with Crippen molar-refractivity contribution in [1.82, 2.24) is 0 Å². The number of halogens is 1. The fourth-order valence-corrected chi connectivity index (χ4v) is 2.26. The lowest BCUT2D eigenvalue weighted by Crippen LogP contribution is -2.15. The first-order valence-electron chi connectivity index (χ1n) is 6.44. The highest BCUT2D eigenvalue weighted by Crippen LogP contribution is 2.30. The Balaban J connectivity index is 2.39. The smallest absolute Gasteiger partial charge is 0.259 e. The minimum Gasteiger partial charge on any atom is -0.496 e. The molecule has 5 heteroatoms. The molecule has 0 aliphatic heterocycles. The van der Waals surface area contributed by atoms with Crippen LogP contribution in [-0.2, 0) is 0 Å². The molecule has 0 spiro atoms. The van der Waals surface area contributed by atoms with E-state index in [1.54, 1.807) is 0 Å². The van der Waals surface area contributed by atoms with Crippen LogP contribution in [0.4, 0.5) is 11.4 Å². The van der Waals surface area contributed by atoms with Crippen LogP contribution in [0.2, 0.25) is 5.02 Å². The molecule has 110 valence electrons. The summed E-state index contributed by atoms with van der Waals surface area (Å²) in [6, 6.07) is 8.88. The lowest BCUT2D eigenvalue weighted by atomic mass is 10.1. The highest BCUT2D eigenvalue weighted by Gasteiger charge is 2.16. The van der Waals surface area contributed by atoms with E-state index in [4.69, 9.17) is 22.1 Å². The van der Waals surface area contributed by atoms with Gasteiger partial charge in [-0.25, -0.2) is 0 Å². The molecule has 0 radical (unpaired) electrons. The molecule has 0 heterocycles. The van der Waals surface area contributed by atoms with E-state index in [-0.39, 0.29) is 5.91 Å². The molecule has 0 saturated carbocycles. The molecule has 2 rings (SSSR count). The van der Waals surface area contributed by atoms with Crippen LogP contribution in [0.25, 0.3) is 0 Å². The maximum absolute atomic E-state index is 12.5. The molecule has 0 atom stereocenters. The summed E-state index contributed by atoms with van der Waals surface area (Å²) in [7, 11) is 1.48. The van der Waals surface area contributed by atoms with Gasteiger partial charge in [0.15, 0.2) is 0 Å². The summed E-state index contributed by atoms with van der Waals surface area (Å²) in [4.78, 5) is 12.5. The minimum absolute atomic E-state index is 0.285. The van der Waals surface area contributed by atoms with Crippen molar-refractivity contribution in [3.05, 3.63) is 52.0 Å². The standard InChI is InChI=1S/C16H17ClN2O2/c1-9-5-4-6-10(2)15(9)19-16(20)11-7-13(18)12(17)8-14(11)21-3/h4-8H,18H2,1-3H3,(H,19,20). The van der Waals surface area contributed by atoms with Crippen molar-refractivity contribution < 1.29 is 9.53 Å². The second-order valence-electron chi connectivity index (χ2n) is 4.79. The Kier molecular flexibility index (Phi) is 4.38. The summed E-state index contributed by atoms with van der Waals surface area (Å²) in [5.41, 5.74) is 9.22. The van der Waals surface area contributed by atoms with Crippen LogP contribution in [0.1, 0.15) is 21.5 Å². The van der Waals surface area contributed by atoms with Gasteiger partial charge in [0.2, 0.25) is 0 Å². The average Bonchev–Trinajstić information content (AvgIpc) is 2.45.